The Kier molecular flexibility index (Phi) is 3.93. The number of halogens is 2. The fourth-order valence-electron chi connectivity index (χ4n) is 2.30. The van der Waals surface area contributed by atoms with E-state index in [0.29, 0.717) is 18.3 Å². The normalized spacial score (nSPS) is 14.0. The van der Waals surface area contributed by atoms with Crippen LogP contribution in [0.15, 0.2) is 42.5 Å². The van der Waals surface area contributed by atoms with E-state index in [1.165, 1.54) is 12.1 Å². The van der Waals surface area contributed by atoms with E-state index in [0.717, 1.165) is 24.0 Å². The summed E-state index contributed by atoms with van der Waals surface area (Å²) in [6, 6.07) is 12.5. The lowest BCUT2D eigenvalue weighted by atomic mass is 10.1. The molecule has 2 aromatic carbocycles. The van der Waals surface area contributed by atoms with Crippen molar-refractivity contribution in [2.45, 2.75) is 25.4 Å². The van der Waals surface area contributed by atoms with Gasteiger partial charge in [0.25, 0.3) is 5.24 Å². The summed E-state index contributed by atoms with van der Waals surface area (Å²) >= 11 is 5.41. The zero-order valence-corrected chi connectivity index (χ0v) is 12.1. The molecule has 21 heavy (non-hydrogen) atoms. The van der Waals surface area contributed by atoms with E-state index in [2.05, 4.69) is 0 Å². The summed E-state index contributed by atoms with van der Waals surface area (Å²) in [5.74, 6) is 0.203. The number of hydrogen-bond acceptors (Lipinski definition) is 2. The molecule has 0 bridgehead atoms. The van der Waals surface area contributed by atoms with Crippen LogP contribution in [0.25, 0.3) is 0 Å². The van der Waals surface area contributed by atoms with E-state index in [4.69, 9.17) is 16.3 Å². The fourth-order valence-corrected chi connectivity index (χ4v) is 2.44. The number of rotatable bonds is 5. The van der Waals surface area contributed by atoms with Crippen molar-refractivity contribution in [2.75, 3.05) is 0 Å². The van der Waals surface area contributed by atoms with Crippen molar-refractivity contribution >= 4 is 16.8 Å². The Morgan fingerprint density at radius 3 is 2.57 bits per heavy atom. The third kappa shape index (κ3) is 3.24. The first-order valence-corrected chi connectivity index (χ1v) is 7.23. The minimum Gasteiger partial charge on any atom is -0.489 e. The summed E-state index contributed by atoms with van der Waals surface area (Å²) < 4.78 is 19.7. The van der Waals surface area contributed by atoms with Crippen molar-refractivity contribution < 1.29 is 13.9 Å². The quantitative estimate of drug-likeness (QED) is 0.751. The number of carbonyl (C=O) groups excluding carboxylic acids is 1. The second-order valence-electron chi connectivity index (χ2n) is 5.19. The maximum Gasteiger partial charge on any atom is 0.255 e. The van der Waals surface area contributed by atoms with Crippen molar-refractivity contribution in [3.63, 3.8) is 0 Å². The fraction of sp³-hybridized carbons (Fsp3) is 0.235. The molecule has 0 amide bonds. The van der Waals surface area contributed by atoms with Gasteiger partial charge < -0.3 is 4.74 Å². The molecule has 4 heteroatoms. The SMILES string of the molecule is O=C(Cl)c1cc(C2CC2)c(OCc2ccccc2)cc1F. The predicted octanol–water partition coefficient (Wildman–Crippen LogP) is 4.66. The van der Waals surface area contributed by atoms with Crippen molar-refractivity contribution in [3.05, 3.63) is 65.0 Å². The van der Waals surface area contributed by atoms with Crippen LogP contribution in [-0.2, 0) is 6.61 Å². The molecule has 0 aromatic heterocycles. The molecule has 1 saturated carbocycles. The Labute approximate surface area is 127 Å². The Balaban J connectivity index is 1.87. The molecule has 0 radical (unpaired) electrons. The van der Waals surface area contributed by atoms with Gasteiger partial charge in [0.1, 0.15) is 18.2 Å². The van der Waals surface area contributed by atoms with Crippen LogP contribution in [0.1, 0.15) is 40.2 Å². The van der Waals surface area contributed by atoms with Crippen LogP contribution in [-0.4, -0.2) is 5.24 Å². The van der Waals surface area contributed by atoms with E-state index < -0.39 is 11.1 Å². The van der Waals surface area contributed by atoms with Crippen molar-refractivity contribution in [1.29, 1.82) is 0 Å². The minimum atomic E-state index is -0.774. The molecule has 0 unspecified atom stereocenters. The second-order valence-corrected chi connectivity index (χ2v) is 5.54. The zero-order valence-electron chi connectivity index (χ0n) is 11.3. The Hall–Kier alpha value is -1.87. The van der Waals surface area contributed by atoms with E-state index in [9.17, 15) is 9.18 Å². The topological polar surface area (TPSA) is 26.3 Å². The van der Waals surface area contributed by atoms with Gasteiger partial charge in [0.2, 0.25) is 0 Å². The monoisotopic (exact) mass is 304 g/mol. The van der Waals surface area contributed by atoms with E-state index >= 15 is 0 Å². The summed E-state index contributed by atoms with van der Waals surface area (Å²) in [5, 5.41) is -0.774. The summed E-state index contributed by atoms with van der Waals surface area (Å²) in [7, 11) is 0. The summed E-state index contributed by atoms with van der Waals surface area (Å²) in [5.41, 5.74) is 1.80. The maximum absolute atomic E-state index is 13.9. The van der Waals surface area contributed by atoms with Crippen LogP contribution in [0.5, 0.6) is 5.75 Å². The van der Waals surface area contributed by atoms with Gasteiger partial charge in [-0.05, 0) is 47.6 Å². The third-order valence-electron chi connectivity index (χ3n) is 3.57. The van der Waals surface area contributed by atoms with Crippen LogP contribution >= 0.6 is 11.6 Å². The van der Waals surface area contributed by atoms with Crippen molar-refractivity contribution in [3.8, 4) is 5.75 Å². The number of hydrogen-bond donors (Lipinski definition) is 0. The van der Waals surface area contributed by atoms with Gasteiger partial charge in [0, 0.05) is 6.07 Å². The standard InChI is InChI=1S/C17H14ClFO2/c18-17(20)14-8-13(12-6-7-12)16(9-15(14)19)21-10-11-4-2-1-3-5-11/h1-5,8-9,12H,6-7,10H2. The van der Waals surface area contributed by atoms with Crippen molar-refractivity contribution in [1.82, 2.24) is 0 Å². The van der Waals surface area contributed by atoms with Crippen molar-refractivity contribution in [2.24, 2.45) is 0 Å². The first kappa shape index (κ1) is 14.1. The Bertz CT molecular complexity index is 666. The minimum absolute atomic E-state index is 0.0781. The molecule has 2 aromatic rings. The Morgan fingerprint density at radius 2 is 1.95 bits per heavy atom. The van der Waals surface area contributed by atoms with Gasteiger partial charge in [-0.3, -0.25) is 4.79 Å². The smallest absolute Gasteiger partial charge is 0.255 e. The molecular weight excluding hydrogens is 291 g/mol. The van der Waals surface area contributed by atoms with E-state index in [-0.39, 0.29) is 5.56 Å². The van der Waals surface area contributed by atoms with Crippen LogP contribution in [0.4, 0.5) is 4.39 Å². The highest BCUT2D eigenvalue weighted by atomic mass is 35.5. The van der Waals surface area contributed by atoms with Crippen LogP contribution in [0.2, 0.25) is 0 Å². The molecule has 3 rings (SSSR count). The van der Waals surface area contributed by atoms with Crippen LogP contribution in [0, 0.1) is 5.82 Å². The van der Waals surface area contributed by atoms with Gasteiger partial charge in [0.05, 0.1) is 5.56 Å². The highest BCUT2D eigenvalue weighted by Crippen LogP contribution is 2.45. The molecular formula is C17H14ClFO2. The highest BCUT2D eigenvalue weighted by molar-refractivity contribution is 6.67. The zero-order chi connectivity index (χ0) is 14.8. The number of benzene rings is 2. The highest BCUT2D eigenvalue weighted by Gasteiger charge is 2.29. The molecule has 2 nitrogen and oxygen atoms in total. The summed E-state index contributed by atoms with van der Waals surface area (Å²) in [6.45, 7) is 0.369. The molecule has 1 fully saturated rings. The predicted molar refractivity (Wildman–Crippen MR) is 79.3 cm³/mol. The number of ether oxygens (including phenoxy) is 1. The van der Waals surface area contributed by atoms with Gasteiger partial charge in [-0.2, -0.15) is 0 Å². The van der Waals surface area contributed by atoms with Gasteiger partial charge in [0.15, 0.2) is 0 Å². The molecule has 0 spiro atoms. The van der Waals surface area contributed by atoms with E-state index in [1.807, 2.05) is 30.3 Å². The summed E-state index contributed by atoms with van der Waals surface area (Å²) in [6.07, 6.45) is 2.06. The number of carbonyl (C=O) groups is 1. The second kappa shape index (κ2) is 5.86. The maximum atomic E-state index is 13.9. The summed E-state index contributed by atoms with van der Waals surface area (Å²) in [4.78, 5) is 11.2. The lowest BCUT2D eigenvalue weighted by Crippen LogP contribution is -2.02. The Morgan fingerprint density at radius 1 is 1.24 bits per heavy atom. The lowest BCUT2D eigenvalue weighted by molar-refractivity contribution is 0.107. The van der Waals surface area contributed by atoms with Crippen LogP contribution < -0.4 is 4.74 Å². The molecule has 1 aliphatic rings. The van der Waals surface area contributed by atoms with Gasteiger partial charge in [-0.15, -0.1) is 0 Å². The molecule has 0 N–H and O–H groups in total. The first-order chi connectivity index (χ1) is 10.1. The molecule has 0 heterocycles. The lowest BCUT2D eigenvalue weighted by Gasteiger charge is -2.13. The first-order valence-electron chi connectivity index (χ1n) is 6.85. The average Bonchev–Trinajstić information content (AvgIpc) is 3.30. The molecule has 0 atom stereocenters. The van der Waals surface area contributed by atoms with Gasteiger partial charge in [-0.1, -0.05) is 30.3 Å². The van der Waals surface area contributed by atoms with E-state index in [1.54, 1.807) is 0 Å². The molecule has 0 aliphatic heterocycles. The average molecular weight is 305 g/mol. The molecule has 108 valence electrons. The van der Waals surface area contributed by atoms with Gasteiger partial charge >= 0.3 is 0 Å². The molecule has 1 aliphatic carbocycles. The third-order valence-corrected chi connectivity index (χ3v) is 3.77. The largest absolute Gasteiger partial charge is 0.489 e. The molecule has 0 saturated heterocycles. The van der Waals surface area contributed by atoms with Gasteiger partial charge in [-0.25, -0.2) is 4.39 Å². The van der Waals surface area contributed by atoms with Crippen LogP contribution in [0.3, 0.4) is 0 Å².